The molecule has 1 fully saturated rings. The van der Waals surface area contributed by atoms with Crippen LogP contribution in [0.15, 0.2) is 12.5 Å². The molecule has 0 spiro atoms. The van der Waals surface area contributed by atoms with Gasteiger partial charge < -0.3 is 36.5 Å². The molecule has 3 amide bonds. The number of aromatic amines is 1. The molecule has 1 aromatic heterocycles. The Kier molecular flexibility index (Phi) is 9.54. The average molecular weight is 481 g/mol. The molecule has 7 N–H and O–H groups in total. The molecule has 0 aliphatic carbocycles. The van der Waals surface area contributed by atoms with E-state index in [2.05, 4.69) is 20.6 Å². The van der Waals surface area contributed by atoms with Crippen LogP contribution in [0.1, 0.15) is 45.2 Å². The summed E-state index contributed by atoms with van der Waals surface area (Å²) < 4.78 is 0. The Hall–Kier alpha value is -3.48. The number of rotatable bonds is 12. The standard InChI is InChI=1S/C21H32N6O7/c1-3-11(2)17(21(33)34)26-18(30)14(8-16(28)29)25-19(31)15-5-4-6-27(15)20(32)13(22)7-12-9-23-10-24-12/h9-11,13-15,17H,3-8,22H2,1-2H3,(H,23,24)(H,25,31)(H,26,30)(H,28,29)(H,33,34). The van der Waals surface area contributed by atoms with Crippen molar-refractivity contribution in [1.29, 1.82) is 0 Å². The van der Waals surface area contributed by atoms with Gasteiger partial charge in [0.2, 0.25) is 17.7 Å². The highest BCUT2D eigenvalue weighted by atomic mass is 16.4. The van der Waals surface area contributed by atoms with Crippen LogP contribution < -0.4 is 16.4 Å². The summed E-state index contributed by atoms with van der Waals surface area (Å²) in [5.41, 5.74) is 6.68. The molecule has 5 unspecified atom stereocenters. The number of carboxylic acid groups (broad SMARTS) is 2. The Balaban J connectivity index is 2.09. The highest BCUT2D eigenvalue weighted by molar-refractivity contribution is 5.95. The Bertz CT molecular complexity index is 890. The molecule has 0 bridgehead atoms. The van der Waals surface area contributed by atoms with Gasteiger partial charge >= 0.3 is 11.9 Å². The summed E-state index contributed by atoms with van der Waals surface area (Å²) in [5.74, 6) is -5.10. The van der Waals surface area contributed by atoms with Crippen LogP contribution in [0.5, 0.6) is 0 Å². The van der Waals surface area contributed by atoms with Crippen molar-refractivity contribution >= 4 is 29.7 Å². The minimum atomic E-state index is -1.51. The quantitative estimate of drug-likeness (QED) is 0.213. The Morgan fingerprint density at radius 3 is 2.53 bits per heavy atom. The Labute approximate surface area is 196 Å². The van der Waals surface area contributed by atoms with Gasteiger partial charge in [0.15, 0.2) is 0 Å². The lowest BCUT2D eigenvalue weighted by Crippen LogP contribution is -2.57. The molecule has 13 heteroatoms. The van der Waals surface area contributed by atoms with E-state index < -0.39 is 66.2 Å². The van der Waals surface area contributed by atoms with Crippen molar-refractivity contribution in [3.05, 3.63) is 18.2 Å². The SMILES string of the molecule is CCC(C)C(NC(=O)C(CC(=O)O)NC(=O)C1CCCN1C(=O)C(N)Cc1cnc[nH]1)C(=O)O. The number of H-pyrrole nitrogens is 1. The summed E-state index contributed by atoms with van der Waals surface area (Å²) in [6, 6.07) is -4.59. The highest BCUT2D eigenvalue weighted by Gasteiger charge is 2.38. The molecule has 2 heterocycles. The summed E-state index contributed by atoms with van der Waals surface area (Å²) in [6.07, 6.45) is 3.77. The summed E-state index contributed by atoms with van der Waals surface area (Å²) in [4.78, 5) is 69.4. The molecule has 0 saturated carbocycles. The van der Waals surface area contributed by atoms with E-state index in [1.165, 1.54) is 11.2 Å². The van der Waals surface area contributed by atoms with Gasteiger partial charge in [0, 0.05) is 24.9 Å². The third-order valence-corrected chi connectivity index (χ3v) is 5.94. The zero-order chi connectivity index (χ0) is 25.4. The molecule has 1 aliphatic heterocycles. The molecule has 1 aromatic rings. The number of carbonyl (C=O) groups is 5. The zero-order valence-electron chi connectivity index (χ0n) is 19.2. The summed E-state index contributed by atoms with van der Waals surface area (Å²) >= 11 is 0. The van der Waals surface area contributed by atoms with Crippen molar-refractivity contribution in [2.45, 2.75) is 70.1 Å². The maximum Gasteiger partial charge on any atom is 0.326 e. The van der Waals surface area contributed by atoms with Gasteiger partial charge in [0.1, 0.15) is 18.1 Å². The topological polar surface area (TPSA) is 208 Å². The summed E-state index contributed by atoms with van der Waals surface area (Å²) in [7, 11) is 0. The number of hydrogen-bond donors (Lipinski definition) is 6. The molecule has 34 heavy (non-hydrogen) atoms. The molecule has 1 saturated heterocycles. The predicted molar refractivity (Wildman–Crippen MR) is 118 cm³/mol. The third-order valence-electron chi connectivity index (χ3n) is 5.94. The van der Waals surface area contributed by atoms with E-state index in [-0.39, 0.29) is 6.42 Å². The Morgan fingerprint density at radius 2 is 1.97 bits per heavy atom. The molecule has 13 nitrogen and oxygen atoms in total. The number of imidazole rings is 1. The number of carboxylic acids is 2. The average Bonchev–Trinajstić information content (AvgIpc) is 3.47. The number of amides is 3. The second-order valence-electron chi connectivity index (χ2n) is 8.45. The lowest BCUT2D eigenvalue weighted by Gasteiger charge is -2.28. The molecule has 0 radical (unpaired) electrons. The van der Waals surface area contributed by atoms with Gasteiger partial charge in [0.05, 0.1) is 18.8 Å². The van der Waals surface area contributed by atoms with Gasteiger partial charge in [-0.15, -0.1) is 0 Å². The minimum Gasteiger partial charge on any atom is -0.481 e. The second-order valence-corrected chi connectivity index (χ2v) is 8.45. The number of nitrogens with one attached hydrogen (secondary N) is 3. The summed E-state index contributed by atoms with van der Waals surface area (Å²) in [6.45, 7) is 3.68. The number of hydrogen-bond acceptors (Lipinski definition) is 7. The molecule has 2 rings (SSSR count). The van der Waals surface area contributed by atoms with Crippen molar-refractivity contribution < 1.29 is 34.2 Å². The van der Waals surface area contributed by atoms with E-state index in [1.807, 2.05) is 0 Å². The number of aliphatic carboxylic acids is 2. The first-order chi connectivity index (χ1) is 16.0. The molecule has 5 atom stereocenters. The van der Waals surface area contributed by atoms with Gasteiger partial charge in [-0.1, -0.05) is 20.3 Å². The third kappa shape index (κ3) is 7.01. The monoisotopic (exact) mass is 480 g/mol. The van der Waals surface area contributed by atoms with Crippen LogP contribution in [0, 0.1) is 5.92 Å². The summed E-state index contributed by atoms with van der Waals surface area (Å²) in [5, 5.41) is 23.3. The first-order valence-corrected chi connectivity index (χ1v) is 11.1. The first-order valence-electron chi connectivity index (χ1n) is 11.1. The predicted octanol–water partition coefficient (Wildman–Crippen LogP) is -1.15. The van der Waals surface area contributed by atoms with Crippen molar-refractivity contribution in [1.82, 2.24) is 25.5 Å². The van der Waals surface area contributed by atoms with Crippen LogP contribution in [0.2, 0.25) is 0 Å². The highest BCUT2D eigenvalue weighted by Crippen LogP contribution is 2.19. The maximum atomic E-state index is 13.0. The van der Waals surface area contributed by atoms with Gasteiger partial charge in [0.25, 0.3) is 0 Å². The fourth-order valence-electron chi connectivity index (χ4n) is 3.83. The zero-order valence-corrected chi connectivity index (χ0v) is 19.2. The normalized spacial score (nSPS) is 19.0. The number of carbonyl (C=O) groups excluding carboxylic acids is 3. The van der Waals surface area contributed by atoms with Crippen LogP contribution in [0.3, 0.4) is 0 Å². The fourth-order valence-corrected chi connectivity index (χ4v) is 3.83. The van der Waals surface area contributed by atoms with E-state index in [1.54, 1.807) is 20.0 Å². The largest absolute Gasteiger partial charge is 0.481 e. The second kappa shape index (κ2) is 12.1. The Morgan fingerprint density at radius 1 is 1.26 bits per heavy atom. The lowest BCUT2D eigenvalue weighted by molar-refractivity contribution is -0.145. The number of likely N-dealkylation sites (tertiary alicyclic amines) is 1. The van der Waals surface area contributed by atoms with E-state index >= 15 is 0 Å². The lowest BCUT2D eigenvalue weighted by atomic mass is 9.98. The number of aromatic nitrogens is 2. The van der Waals surface area contributed by atoms with Crippen molar-refractivity contribution in [3.8, 4) is 0 Å². The smallest absolute Gasteiger partial charge is 0.326 e. The number of nitrogens with zero attached hydrogens (tertiary/aromatic N) is 2. The van der Waals surface area contributed by atoms with E-state index in [4.69, 9.17) is 5.73 Å². The fraction of sp³-hybridized carbons (Fsp3) is 0.619. The van der Waals surface area contributed by atoms with E-state index in [0.29, 0.717) is 31.5 Å². The van der Waals surface area contributed by atoms with Gasteiger partial charge in [-0.2, -0.15) is 0 Å². The van der Waals surface area contributed by atoms with Crippen LogP contribution in [-0.2, 0) is 30.4 Å². The maximum absolute atomic E-state index is 13.0. The number of nitrogens with two attached hydrogens (primary N) is 1. The first kappa shape index (κ1) is 26.8. The minimum absolute atomic E-state index is 0.194. The van der Waals surface area contributed by atoms with Crippen molar-refractivity contribution in [2.75, 3.05) is 6.54 Å². The van der Waals surface area contributed by atoms with Crippen LogP contribution in [0.4, 0.5) is 0 Å². The van der Waals surface area contributed by atoms with Gasteiger partial charge in [-0.05, 0) is 18.8 Å². The van der Waals surface area contributed by atoms with Crippen molar-refractivity contribution in [2.24, 2.45) is 11.7 Å². The van der Waals surface area contributed by atoms with Crippen LogP contribution in [-0.4, -0.2) is 85.5 Å². The van der Waals surface area contributed by atoms with Gasteiger partial charge in [-0.25, -0.2) is 9.78 Å². The van der Waals surface area contributed by atoms with Crippen molar-refractivity contribution in [3.63, 3.8) is 0 Å². The molecular formula is C21H32N6O7. The molecule has 188 valence electrons. The molecule has 1 aliphatic rings. The van der Waals surface area contributed by atoms with Gasteiger partial charge in [-0.3, -0.25) is 19.2 Å². The van der Waals surface area contributed by atoms with Crippen LogP contribution >= 0.6 is 0 Å². The van der Waals surface area contributed by atoms with E-state index in [9.17, 15) is 34.2 Å². The van der Waals surface area contributed by atoms with Crippen LogP contribution in [0.25, 0.3) is 0 Å². The van der Waals surface area contributed by atoms with E-state index in [0.717, 1.165) is 0 Å². The molecular weight excluding hydrogens is 448 g/mol. The molecule has 0 aromatic carbocycles.